The third kappa shape index (κ3) is 4.32. The van der Waals surface area contributed by atoms with Crippen LogP contribution in [0.1, 0.15) is 24.1 Å². The van der Waals surface area contributed by atoms with Gasteiger partial charge in [-0.15, -0.1) is 0 Å². The number of likely N-dealkylation sites (tertiary alicyclic amines) is 1. The lowest BCUT2D eigenvalue weighted by Gasteiger charge is -2.32. The minimum atomic E-state index is 0.00196. The summed E-state index contributed by atoms with van der Waals surface area (Å²) in [6, 6.07) is 13.6. The van der Waals surface area contributed by atoms with Crippen LogP contribution in [0.5, 0.6) is 0 Å². The zero-order valence-electron chi connectivity index (χ0n) is 14.0. The van der Waals surface area contributed by atoms with Gasteiger partial charge in [-0.2, -0.15) is 0 Å². The molecule has 5 nitrogen and oxygen atoms in total. The molecule has 3 N–H and O–H groups in total. The van der Waals surface area contributed by atoms with E-state index in [2.05, 4.69) is 21.3 Å². The number of nitrogens with zero attached hydrogens (tertiary/aromatic N) is 2. The maximum atomic E-state index is 12.5. The Morgan fingerprint density at radius 1 is 1.33 bits per heavy atom. The lowest BCUT2D eigenvalue weighted by atomic mass is 9.96. The molecule has 1 atom stereocenters. The van der Waals surface area contributed by atoms with Crippen molar-refractivity contribution < 1.29 is 4.79 Å². The Kier molecular flexibility index (Phi) is 5.11. The van der Waals surface area contributed by atoms with Crippen LogP contribution in [0.3, 0.4) is 0 Å². The molecule has 1 unspecified atom stereocenters. The summed E-state index contributed by atoms with van der Waals surface area (Å²) >= 11 is 0. The molecule has 3 rings (SSSR count). The number of carbonyl (C=O) groups is 1. The van der Waals surface area contributed by atoms with Crippen molar-refractivity contribution in [2.75, 3.05) is 24.1 Å². The number of hydrogen-bond donors (Lipinski definition) is 2. The summed E-state index contributed by atoms with van der Waals surface area (Å²) < 4.78 is 0. The third-order valence-electron chi connectivity index (χ3n) is 4.37. The molecular formula is C19H24N4O. The highest BCUT2D eigenvalue weighted by Gasteiger charge is 2.26. The molecule has 5 heteroatoms. The highest BCUT2D eigenvalue weighted by molar-refractivity contribution is 5.91. The molecule has 0 radical (unpaired) electrons. The van der Waals surface area contributed by atoms with Gasteiger partial charge in [0.05, 0.1) is 5.92 Å². The van der Waals surface area contributed by atoms with Gasteiger partial charge in [0.2, 0.25) is 5.91 Å². The fourth-order valence-corrected chi connectivity index (χ4v) is 3.20. The van der Waals surface area contributed by atoms with E-state index in [0.29, 0.717) is 5.82 Å². The Labute approximate surface area is 142 Å². The molecule has 126 valence electrons. The lowest BCUT2D eigenvalue weighted by molar-refractivity contribution is -0.121. The molecule has 1 amide bonds. The normalized spacial score (nSPS) is 18.3. The largest absolute Gasteiger partial charge is 0.399 e. The van der Waals surface area contributed by atoms with E-state index in [1.165, 1.54) is 5.56 Å². The van der Waals surface area contributed by atoms with Crippen molar-refractivity contribution >= 4 is 17.4 Å². The van der Waals surface area contributed by atoms with Crippen LogP contribution in [0.4, 0.5) is 11.5 Å². The van der Waals surface area contributed by atoms with Crippen LogP contribution in [0.2, 0.25) is 0 Å². The number of aryl methyl sites for hydroxylation is 1. The maximum absolute atomic E-state index is 12.5. The molecule has 2 heterocycles. The second kappa shape index (κ2) is 7.45. The van der Waals surface area contributed by atoms with E-state index in [1.807, 2.05) is 43.3 Å². The lowest BCUT2D eigenvalue weighted by Crippen LogP contribution is -2.40. The first-order valence-electron chi connectivity index (χ1n) is 8.41. The molecule has 1 saturated heterocycles. The Morgan fingerprint density at radius 3 is 2.96 bits per heavy atom. The number of anilines is 2. The van der Waals surface area contributed by atoms with E-state index in [4.69, 9.17) is 5.73 Å². The number of nitrogen functional groups attached to an aromatic ring is 1. The fourth-order valence-electron chi connectivity index (χ4n) is 3.20. The van der Waals surface area contributed by atoms with Gasteiger partial charge in [-0.25, -0.2) is 4.98 Å². The topological polar surface area (TPSA) is 71.2 Å². The Balaban J connectivity index is 1.59. The van der Waals surface area contributed by atoms with E-state index in [1.54, 1.807) is 0 Å². The molecule has 0 bridgehead atoms. The van der Waals surface area contributed by atoms with Crippen molar-refractivity contribution in [2.24, 2.45) is 5.92 Å². The molecule has 1 fully saturated rings. The molecule has 1 aromatic heterocycles. The number of hydrogen-bond acceptors (Lipinski definition) is 4. The van der Waals surface area contributed by atoms with Crippen molar-refractivity contribution in [1.82, 2.24) is 9.88 Å². The number of amides is 1. The molecule has 1 aliphatic heterocycles. The highest BCUT2D eigenvalue weighted by atomic mass is 16.2. The first-order valence-corrected chi connectivity index (χ1v) is 8.41. The van der Waals surface area contributed by atoms with Crippen molar-refractivity contribution in [3.8, 4) is 0 Å². The van der Waals surface area contributed by atoms with Gasteiger partial charge in [0.1, 0.15) is 5.82 Å². The average Bonchev–Trinajstić information content (AvgIpc) is 2.55. The van der Waals surface area contributed by atoms with E-state index in [0.717, 1.165) is 43.9 Å². The summed E-state index contributed by atoms with van der Waals surface area (Å²) in [7, 11) is 0. The summed E-state index contributed by atoms with van der Waals surface area (Å²) in [6.07, 6.45) is 1.95. The van der Waals surface area contributed by atoms with Crippen LogP contribution in [-0.4, -0.2) is 28.9 Å². The van der Waals surface area contributed by atoms with Gasteiger partial charge in [-0.3, -0.25) is 9.69 Å². The first kappa shape index (κ1) is 16.5. The van der Waals surface area contributed by atoms with Crippen LogP contribution in [0, 0.1) is 12.8 Å². The zero-order chi connectivity index (χ0) is 16.9. The van der Waals surface area contributed by atoms with Gasteiger partial charge in [0.25, 0.3) is 0 Å². The Morgan fingerprint density at radius 2 is 2.17 bits per heavy atom. The number of carbonyl (C=O) groups excluding carboxylic acids is 1. The van der Waals surface area contributed by atoms with Crippen molar-refractivity contribution in [2.45, 2.75) is 26.3 Å². The van der Waals surface area contributed by atoms with Gasteiger partial charge >= 0.3 is 0 Å². The molecule has 0 aliphatic carbocycles. The number of aromatic nitrogens is 1. The summed E-state index contributed by atoms with van der Waals surface area (Å²) in [5.41, 5.74) is 8.72. The summed E-state index contributed by atoms with van der Waals surface area (Å²) in [5.74, 6) is 0.695. The zero-order valence-corrected chi connectivity index (χ0v) is 14.0. The van der Waals surface area contributed by atoms with Crippen molar-refractivity contribution in [1.29, 1.82) is 0 Å². The summed E-state index contributed by atoms with van der Waals surface area (Å²) in [4.78, 5) is 19.2. The third-order valence-corrected chi connectivity index (χ3v) is 4.37. The van der Waals surface area contributed by atoms with Crippen LogP contribution >= 0.6 is 0 Å². The SMILES string of the molecule is Cc1cccc(NC(=O)C2CCCN(Cc3cccc(N)c3)C2)n1. The number of piperidine rings is 1. The van der Waals surface area contributed by atoms with Gasteiger partial charge in [0, 0.05) is 24.5 Å². The van der Waals surface area contributed by atoms with E-state index in [9.17, 15) is 4.79 Å². The minimum absolute atomic E-state index is 0.00196. The smallest absolute Gasteiger partial charge is 0.229 e. The molecular weight excluding hydrogens is 300 g/mol. The average molecular weight is 324 g/mol. The number of rotatable bonds is 4. The highest BCUT2D eigenvalue weighted by Crippen LogP contribution is 2.20. The molecule has 1 aromatic carbocycles. The number of pyridine rings is 1. The first-order chi connectivity index (χ1) is 11.6. The fraction of sp³-hybridized carbons (Fsp3) is 0.368. The summed E-state index contributed by atoms with van der Waals surface area (Å²) in [6.45, 7) is 4.54. The monoisotopic (exact) mass is 324 g/mol. The van der Waals surface area contributed by atoms with E-state index in [-0.39, 0.29) is 11.8 Å². The second-order valence-electron chi connectivity index (χ2n) is 6.47. The molecule has 0 spiro atoms. The van der Waals surface area contributed by atoms with Gasteiger partial charge in [-0.05, 0) is 56.1 Å². The molecule has 2 aromatic rings. The van der Waals surface area contributed by atoms with Crippen molar-refractivity contribution in [3.05, 3.63) is 53.7 Å². The quantitative estimate of drug-likeness (QED) is 0.848. The minimum Gasteiger partial charge on any atom is -0.399 e. The Bertz CT molecular complexity index is 716. The molecule has 1 aliphatic rings. The van der Waals surface area contributed by atoms with Gasteiger partial charge in [0.15, 0.2) is 0 Å². The van der Waals surface area contributed by atoms with Gasteiger partial charge < -0.3 is 11.1 Å². The standard InChI is InChI=1S/C19H24N4O/c1-14-5-2-9-18(21-14)22-19(24)16-7-4-10-23(13-16)12-15-6-3-8-17(20)11-15/h2-3,5-6,8-9,11,16H,4,7,10,12-13,20H2,1H3,(H,21,22,24). The van der Waals surface area contributed by atoms with Crippen LogP contribution in [-0.2, 0) is 11.3 Å². The molecule has 24 heavy (non-hydrogen) atoms. The predicted octanol–water partition coefficient (Wildman–Crippen LogP) is 2.82. The van der Waals surface area contributed by atoms with E-state index < -0.39 is 0 Å². The maximum Gasteiger partial charge on any atom is 0.229 e. The van der Waals surface area contributed by atoms with Crippen LogP contribution in [0.15, 0.2) is 42.5 Å². The van der Waals surface area contributed by atoms with Gasteiger partial charge in [-0.1, -0.05) is 18.2 Å². The molecule has 0 saturated carbocycles. The van der Waals surface area contributed by atoms with Crippen molar-refractivity contribution in [3.63, 3.8) is 0 Å². The van der Waals surface area contributed by atoms with E-state index >= 15 is 0 Å². The van der Waals surface area contributed by atoms with Crippen LogP contribution < -0.4 is 11.1 Å². The predicted molar refractivity (Wildman–Crippen MR) is 96.5 cm³/mol. The number of nitrogens with one attached hydrogen (secondary N) is 1. The second-order valence-corrected chi connectivity index (χ2v) is 6.47. The van der Waals surface area contributed by atoms with Crippen LogP contribution in [0.25, 0.3) is 0 Å². The number of benzene rings is 1. The number of nitrogens with two attached hydrogens (primary N) is 1. The summed E-state index contributed by atoms with van der Waals surface area (Å²) in [5, 5.41) is 2.95. The Hall–Kier alpha value is -2.40.